The monoisotopic (exact) mass is 560 g/mol. The molecular formula is C23H21F5N4O3S2. The summed E-state index contributed by atoms with van der Waals surface area (Å²) >= 11 is 0.923. The largest absolute Gasteiger partial charge is 0.493 e. The van der Waals surface area contributed by atoms with E-state index in [9.17, 15) is 26.0 Å². The van der Waals surface area contributed by atoms with Crippen molar-refractivity contribution in [2.45, 2.75) is 42.4 Å². The first-order chi connectivity index (χ1) is 17.5. The van der Waals surface area contributed by atoms with E-state index >= 15 is 4.39 Å². The Morgan fingerprint density at radius 3 is 2.51 bits per heavy atom. The van der Waals surface area contributed by atoms with Gasteiger partial charge in [-0.2, -0.15) is 13.2 Å². The van der Waals surface area contributed by atoms with Crippen molar-refractivity contribution in [1.82, 2.24) is 15.1 Å². The van der Waals surface area contributed by atoms with E-state index in [-0.39, 0.29) is 36.9 Å². The SMILES string of the molecule is O=S(=O)(Nc1nncs1)c1cc2c(cc1F)C(N1CC[C@@H](C(F)(F)F)C[C@H]1c1ccc(F)cc1)CCO2. The summed E-state index contributed by atoms with van der Waals surface area (Å²) in [6, 6.07) is 6.22. The number of aromatic nitrogens is 2. The molecule has 0 bridgehead atoms. The zero-order chi connectivity index (χ0) is 26.4. The van der Waals surface area contributed by atoms with Crippen LogP contribution in [0.3, 0.4) is 0 Å². The summed E-state index contributed by atoms with van der Waals surface area (Å²) in [4.78, 5) is 1.21. The van der Waals surface area contributed by atoms with E-state index in [1.807, 2.05) is 4.90 Å². The number of anilines is 1. The van der Waals surface area contributed by atoms with Gasteiger partial charge < -0.3 is 4.74 Å². The van der Waals surface area contributed by atoms with Crippen molar-refractivity contribution in [3.05, 3.63) is 64.7 Å². The molecule has 2 aliphatic heterocycles. The summed E-state index contributed by atoms with van der Waals surface area (Å²) in [5, 5.41) is 7.10. The van der Waals surface area contributed by atoms with Gasteiger partial charge in [0.25, 0.3) is 10.0 Å². The molecule has 2 aliphatic rings. The van der Waals surface area contributed by atoms with Crippen LogP contribution >= 0.6 is 11.3 Å². The highest BCUT2D eigenvalue weighted by Crippen LogP contribution is 2.48. The van der Waals surface area contributed by atoms with Gasteiger partial charge in [-0.15, -0.1) is 10.2 Å². The highest BCUT2D eigenvalue weighted by atomic mass is 32.2. The van der Waals surface area contributed by atoms with Gasteiger partial charge in [-0.05, 0) is 43.1 Å². The molecule has 0 aliphatic carbocycles. The lowest BCUT2D eigenvalue weighted by molar-refractivity contribution is -0.192. The van der Waals surface area contributed by atoms with Gasteiger partial charge in [-0.25, -0.2) is 17.2 Å². The first kappa shape index (κ1) is 25.8. The summed E-state index contributed by atoms with van der Waals surface area (Å²) < 4.78 is 103. The predicted octanol–water partition coefficient (Wildman–Crippen LogP) is 5.46. The second-order valence-electron chi connectivity index (χ2n) is 8.89. The summed E-state index contributed by atoms with van der Waals surface area (Å²) in [5.74, 6) is -2.94. The fourth-order valence-corrected chi connectivity index (χ4v) is 6.74. The van der Waals surface area contributed by atoms with Crippen molar-refractivity contribution in [2.75, 3.05) is 17.9 Å². The first-order valence-electron chi connectivity index (χ1n) is 11.4. The Labute approximate surface area is 213 Å². The van der Waals surface area contributed by atoms with E-state index in [1.54, 1.807) is 0 Å². The highest BCUT2D eigenvalue weighted by molar-refractivity contribution is 7.93. The average Bonchev–Trinajstić information content (AvgIpc) is 3.35. The second-order valence-corrected chi connectivity index (χ2v) is 11.4. The van der Waals surface area contributed by atoms with Crippen LogP contribution in [0.15, 0.2) is 46.8 Å². The molecule has 3 heterocycles. The molecule has 5 rings (SSSR count). The Morgan fingerprint density at radius 1 is 1.08 bits per heavy atom. The summed E-state index contributed by atoms with van der Waals surface area (Å²) in [5.41, 5.74) is 2.18. The molecule has 1 unspecified atom stereocenters. The topological polar surface area (TPSA) is 84.4 Å². The summed E-state index contributed by atoms with van der Waals surface area (Å²) in [7, 11) is -4.34. The smallest absolute Gasteiger partial charge is 0.391 e. The Hall–Kier alpha value is -2.84. The lowest BCUT2D eigenvalue weighted by Gasteiger charge is -2.46. The molecule has 0 radical (unpaired) electrons. The van der Waals surface area contributed by atoms with Crippen molar-refractivity contribution in [2.24, 2.45) is 5.92 Å². The van der Waals surface area contributed by atoms with E-state index in [0.717, 1.165) is 23.5 Å². The fraction of sp³-hybridized carbons (Fsp3) is 0.391. The Kier molecular flexibility index (Phi) is 6.83. The van der Waals surface area contributed by atoms with Crippen molar-refractivity contribution < 1.29 is 35.1 Å². The minimum Gasteiger partial charge on any atom is -0.493 e. The van der Waals surface area contributed by atoms with Crippen molar-refractivity contribution in [3.8, 4) is 5.75 Å². The van der Waals surface area contributed by atoms with Crippen LogP contribution in [0.2, 0.25) is 0 Å². The molecule has 1 N–H and O–H groups in total. The van der Waals surface area contributed by atoms with Crippen LogP contribution in [0.25, 0.3) is 0 Å². The Morgan fingerprint density at radius 2 is 1.84 bits per heavy atom. The summed E-state index contributed by atoms with van der Waals surface area (Å²) in [6.45, 7) is 0.221. The van der Waals surface area contributed by atoms with Crippen molar-refractivity contribution >= 4 is 26.5 Å². The maximum absolute atomic E-state index is 15.2. The molecule has 0 amide bonds. The van der Waals surface area contributed by atoms with Crippen molar-refractivity contribution in [1.29, 1.82) is 0 Å². The predicted molar refractivity (Wildman–Crippen MR) is 125 cm³/mol. The molecule has 1 aromatic heterocycles. The van der Waals surface area contributed by atoms with Crippen LogP contribution < -0.4 is 9.46 Å². The third-order valence-electron chi connectivity index (χ3n) is 6.71. The van der Waals surface area contributed by atoms with Gasteiger partial charge >= 0.3 is 6.18 Å². The number of hydrogen-bond acceptors (Lipinski definition) is 7. The highest BCUT2D eigenvalue weighted by Gasteiger charge is 2.46. The molecule has 14 heteroatoms. The zero-order valence-corrected chi connectivity index (χ0v) is 20.7. The number of piperidine rings is 1. The van der Waals surface area contributed by atoms with Gasteiger partial charge in [0.05, 0.1) is 12.5 Å². The number of likely N-dealkylation sites (tertiary alicyclic amines) is 1. The molecule has 198 valence electrons. The normalized spacial score (nSPS) is 22.8. The number of alkyl halides is 3. The van der Waals surface area contributed by atoms with E-state index in [2.05, 4.69) is 14.9 Å². The lowest BCUT2D eigenvalue weighted by Crippen LogP contribution is -2.44. The van der Waals surface area contributed by atoms with E-state index < -0.39 is 50.7 Å². The third kappa shape index (κ3) is 5.27. The average molecular weight is 561 g/mol. The molecule has 37 heavy (non-hydrogen) atoms. The molecule has 3 aromatic rings. The molecule has 1 saturated heterocycles. The van der Waals surface area contributed by atoms with Crippen LogP contribution in [-0.2, 0) is 10.0 Å². The third-order valence-corrected chi connectivity index (χ3v) is 8.80. The standard InChI is InChI=1S/C23H21F5N4O3S2/c24-15-3-1-13(2-4-15)19-9-14(23(26,27)28)5-7-32(19)18-6-8-35-20-11-21(17(25)10-16(18)20)37(33,34)31-22-30-29-12-36-22/h1-4,10-12,14,18-19H,5-9H2,(H,30,31)/t14-,18?,19+/m1/s1. The van der Waals surface area contributed by atoms with Crippen LogP contribution in [0.1, 0.15) is 42.5 Å². The number of ether oxygens (including phenoxy) is 1. The number of benzene rings is 2. The number of fused-ring (bicyclic) bond motifs is 1. The van der Waals surface area contributed by atoms with Crippen molar-refractivity contribution in [3.63, 3.8) is 0 Å². The number of nitrogens with one attached hydrogen (secondary N) is 1. The van der Waals surface area contributed by atoms with Gasteiger partial charge in [-0.3, -0.25) is 9.62 Å². The number of nitrogens with zero attached hydrogens (tertiary/aromatic N) is 3. The maximum Gasteiger partial charge on any atom is 0.391 e. The molecule has 0 saturated carbocycles. The minimum atomic E-state index is -4.38. The minimum absolute atomic E-state index is 0.0365. The van der Waals surface area contributed by atoms with Crippen LogP contribution in [-0.4, -0.2) is 42.8 Å². The van der Waals surface area contributed by atoms with Gasteiger partial charge in [0, 0.05) is 30.1 Å². The number of halogens is 5. The molecule has 1 fully saturated rings. The number of rotatable bonds is 5. The van der Waals surface area contributed by atoms with E-state index in [0.29, 0.717) is 17.5 Å². The lowest BCUT2D eigenvalue weighted by atomic mass is 9.84. The van der Waals surface area contributed by atoms with Gasteiger partial charge in [-0.1, -0.05) is 23.5 Å². The molecule has 3 atom stereocenters. The molecular weight excluding hydrogens is 539 g/mol. The van der Waals surface area contributed by atoms with E-state index in [4.69, 9.17) is 4.74 Å². The van der Waals surface area contributed by atoms with Crippen LogP contribution in [0.5, 0.6) is 5.75 Å². The molecule has 2 aromatic carbocycles. The maximum atomic E-state index is 15.2. The number of hydrogen-bond donors (Lipinski definition) is 1. The van der Waals surface area contributed by atoms with Gasteiger partial charge in [0.15, 0.2) is 0 Å². The molecule has 0 spiro atoms. The first-order valence-corrected chi connectivity index (χ1v) is 13.7. The van der Waals surface area contributed by atoms with Gasteiger partial charge in [0.1, 0.15) is 27.8 Å². The van der Waals surface area contributed by atoms with Gasteiger partial charge in [0.2, 0.25) is 5.13 Å². The van der Waals surface area contributed by atoms with Crippen LogP contribution in [0.4, 0.5) is 27.1 Å². The Balaban J connectivity index is 1.50. The molecule has 7 nitrogen and oxygen atoms in total. The van der Waals surface area contributed by atoms with E-state index in [1.165, 1.54) is 29.8 Å². The number of sulfonamides is 1. The quantitative estimate of drug-likeness (QED) is 0.418. The zero-order valence-electron chi connectivity index (χ0n) is 19.1. The second kappa shape index (κ2) is 9.80. The summed E-state index contributed by atoms with van der Waals surface area (Å²) in [6.07, 6.45) is -4.40. The Bertz CT molecular complexity index is 1370. The fourth-order valence-electron chi connectivity index (χ4n) is 4.98. The van der Waals surface area contributed by atoms with Crippen LogP contribution in [0, 0.1) is 17.6 Å².